The SMILES string of the molecule is NCCCCOc1ccc(F)cc1. The third-order valence-electron chi connectivity index (χ3n) is 1.68. The van der Waals surface area contributed by atoms with Crippen LogP contribution in [0.1, 0.15) is 12.8 Å². The van der Waals surface area contributed by atoms with Crippen molar-refractivity contribution in [3.8, 4) is 5.75 Å². The first-order valence-electron chi connectivity index (χ1n) is 4.41. The molecule has 72 valence electrons. The molecule has 0 spiro atoms. The number of hydrogen-bond donors (Lipinski definition) is 1. The van der Waals surface area contributed by atoms with E-state index in [1.807, 2.05) is 0 Å². The summed E-state index contributed by atoms with van der Waals surface area (Å²) >= 11 is 0. The van der Waals surface area contributed by atoms with Crippen molar-refractivity contribution in [2.75, 3.05) is 13.2 Å². The normalized spacial score (nSPS) is 10.0. The van der Waals surface area contributed by atoms with Gasteiger partial charge in [-0.3, -0.25) is 0 Å². The minimum Gasteiger partial charge on any atom is -0.494 e. The first-order valence-corrected chi connectivity index (χ1v) is 4.41. The molecule has 2 nitrogen and oxygen atoms in total. The second-order valence-corrected chi connectivity index (χ2v) is 2.80. The van der Waals surface area contributed by atoms with Gasteiger partial charge in [-0.1, -0.05) is 0 Å². The van der Waals surface area contributed by atoms with E-state index < -0.39 is 0 Å². The van der Waals surface area contributed by atoms with Crippen molar-refractivity contribution in [2.24, 2.45) is 5.73 Å². The van der Waals surface area contributed by atoms with E-state index in [4.69, 9.17) is 10.5 Å². The Hall–Kier alpha value is -1.09. The summed E-state index contributed by atoms with van der Waals surface area (Å²) < 4.78 is 17.8. The maximum atomic E-state index is 12.5. The Kier molecular flexibility index (Phi) is 4.26. The summed E-state index contributed by atoms with van der Waals surface area (Å²) in [5.41, 5.74) is 5.32. The predicted molar refractivity (Wildman–Crippen MR) is 50.2 cm³/mol. The molecule has 0 saturated carbocycles. The van der Waals surface area contributed by atoms with Crippen molar-refractivity contribution in [3.63, 3.8) is 0 Å². The van der Waals surface area contributed by atoms with E-state index in [9.17, 15) is 4.39 Å². The molecule has 1 rings (SSSR count). The molecule has 3 heteroatoms. The lowest BCUT2D eigenvalue weighted by atomic mass is 10.3. The van der Waals surface area contributed by atoms with E-state index >= 15 is 0 Å². The second-order valence-electron chi connectivity index (χ2n) is 2.80. The van der Waals surface area contributed by atoms with Gasteiger partial charge in [0.25, 0.3) is 0 Å². The van der Waals surface area contributed by atoms with Gasteiger partial charge in [0.1, 0.15) is 11.6 Å². The third kappa shape index (κ3) is 3.90. The lowest BCUT2D eigenvalue weighted by Gasteiger charge is -2.04. The van der Waals surface area contributed by atoms with E-state index in [1.54, 1.807) is 12.1 Å². The lowest BCUT2D eigenvalue weighted by molar-refractivity contribution is 0.307. The maximum Gasteiger partial charge on any atom is 0.123 e. The Labute approximate surface area is 77.5 Å². The molecule has 0 radical (unpaired) electrons. The van der Waals surface area contributed by atoms with Crippen molar-refractivity contribution in [2.45, 2.75) is 12.8 Å². The zero-order valence-corrected chi connectivity index (χ0v) is 7.50. The van der Waals surface area contributed by atoms with E-state index in [2.05, 4.69) is 0 Å². The number of nitrogens with two attached hydrogens (primary N) is 1. The van der Waals surface area contributed by atoms with Gasteiger partial charge in [0.15, 0.2) is 0 Å². The largest absolute Gasteiger partial charge is 0.494 e. The van der Waals surface area contributed by atoms with Crippen LogP contribution in [-0.4, -0.2) is 13.2 Å². The summed E-state index contributed by atoms with van der Waals surface area (Å²) in [6, 6.07) is 6.02. The number of benzene rings is 1. The van der Waals surface area contributed by atoms with Crippen molar-refractivity contribution in [1.29, 1.82) is 0 Å². The molecule has 0 fully saturated rings. The molecule has 0 amide bonds. The van der Waals surface area contributed by atoms with Gasteiger partial charge in [0, 0.05) is 0 Å². The molecular formula is C10H14FNO. The summed E-state index contributed by atoms with van der Waals surface area (Å²) in [4.78, 5) is 0. The van der Waals surface area contributed by atoms with Gasteiger partial charge in [0.05, 0.1) is 6.61 Å². The molecule has 1 aromatic carbocycles. The molecule has 0 bridgehead atoms. The van der Waals surface area contributed by atoms with Crippen LogP contribution in [0.25, 0.3) is 0 Å². The van der Waals surface area contributed by atoms with Gasteiger partial charge in [-0.2, -0.15) is 0 Å². The van der Waals surface area contributed by atoms with Crippen LogP contribution in [-0.2, 0) is 0 Å². The van der Waals surface area contributed by atoms with Crippen LogP contribution in [0.2, 0.25) is 0 Å². The molecule has 0 aliphatic heterocycles. The third-order valence-corrected chi connectivity index (χ3v) is 1.68. The van der Waals surface area contributed by atoms with Crippen LogP contribution in [0.5, 0.6) is 5.75 Å². The van der Waals surface area contributed by atoms with E-state index in [-0.39, 0.29) is 5.82 Å². The average molecular weight is 183 g/mol. The standard InChI is InChI=1S/C10H14FNO/c11-9-3-5-10(6-4-9)13-8-2-1-7-12/h3-6H,1-2,7-8,12H2. The molecule has 0 atom stereocenters. The van der Waals surface area contributed by atoms with Gasteiger partial charge in [-0.05, 0) is 43.7 Å². The number of ether oxygens (including phenoxy) is 1. The number of unbranched alkanes of at least 4 members (excludes halogenated alkanes) is 1. The zero-order chi connectivity index (χ0) is 9.52. The molecular weight excluding hydrogens is 169 g/mol. The lowest BCUT2D eigenvalue weighted by Crippen LogP contribution is -2.03. The summed E-state index contributed by atoms with van der Waals surface area (Å²) in [6.45, 7) is 1.33. The number of hydrogen-bond acceptors (Lipinski definition) is 2. The zero-order valence-electron chi connectivity index (χ0n) is 7.50. The fraction of sp³-hybridized carbons (Fsp3) is 0.400. The van der Waals surface area contributed by atoms with Crippen LogP contribution < -0.4 is 10.5 Å². The van der Waals surface area contributed by atoms with Crippen LogP contribution >= 0.6 is 0 Å². The summed E-state index contributed by atoms with van der Waals surface area (Å²) in [5, 5.41) is 0. The number of rotatable bonds is 5. The molecule has 13 heavy (non-hydrogen) atoms. The topological polar surface area (TPSA) is 35.2 Å². The molecule has 0 saturated heterocycles. The Balaban J connectivity index is 2.25. The van der Waals surface area contributed by atoms with Crippen LogP contribution in [0, 0.1) is 5.82 Å². The van der Waals surface area contributed by atoms with E-state index in [1.165, 1.54) is 12.1 Å². The highest BCUT2D eigenvalue weighted by Gasteiger charge is 1.93. The van der Waals surface area contributed by atoms with Crippen molar-refractivity contribution < 1.29 is 9.13 Å². The highest BCUT2D eigenvalue weighted by Crippen LogP contribution is 2.11. The monoisotopic (exact) mass is 183 g/mol. The predicted octanol–water partition coefficient (Wildman–Crippen LogP) is 1.94. The molecule has 0 aliphatic carbocycles. The van der Waals surface area contributed by atoms with Gasteiger partial charge in [-0.25, -0.2) is 4.39 Å². The minimum atomic E-state index is -0.241. The highest BCUT2D eigenvalue weighted by molar-refractivity contribution is 5.21. The summed E-state index contributed by atoms with van der Waals surface area (Å²) in [5.74, 6) is 0.465. The number of halogens is 1. The van der Waals surface area contributed by atoms with E-state index in [0.717, 1.165) is 12.8 Å². The Bertz CT molecular complexity index is 235. The molecule has 0 unspecified atom stereocenters. The minimum absolute atomic E-state index is 0.241. The van der Waals surface area contributed by atoms with Gasteiger partial charge >= 0.3 is 0 Å². The van der Waals surface area contributed by atoms with Crippen molar-refractivity contribution >= 4 is 0 Å². The van der Waals surface area contributed by atoms with Gasteiger partial charge < -0.3 is 10.5 Å². The first kappa shape index (κ1) is 9.99. The van der Waals surface area contributed by atoms with Crippen LogP contribution in [0.4, 0.5) is 4.39 Å². The fourth-order valence-electron chi connectivity index (χ4n) is 0.967. The molecule has 0 aliphatic rings. The fourth-order valence-corrected chi connectivity index (χ4v) is 0.967. The second kappa shape index (κ2) is 5.54. The molecule has 2 N–H and O–H groups in total. The van der Waals surface area contributed by atoms with Crippen LogP contribution in [0.3, 0.4) is 0 Å². The summed E-state index contributed by atoms with van der Waals surface area (Å²) in [6.07, 6.45) is 1.90. The Morgan fingerprint density at radius 3 is 2.46 bits per heavy atom. The smallest absolute Gasteiger partial charge is 0.123 e. The Morgan fingerprint density at radius 1 is 1.15 bits per heavy atom. The average Bonchev–Trinajstić information content (AvgIpc) is 2.15. The van der Waals surface area contributed by atoms with Crippen molar-refractivity contribution in [3.05, 3.63) is 30.1 Å². The van der Waals surface area contributed by atoms with Crippen molar-refractivity contribution in [1.82, 2.24) is 0 Å². The first-order chi connectivity index (χ1) is 6.33. The van der Waals surface area contributed by atoms with Gasteiger partial charge in [-0.15, -0.1) is 0 Å². The highest BCUT2D eigenvalue weighted by atomic mass is 19.1. The van der Waals surface area contributed by atoms with Crippen LogP contribution in [0.15, 0.2) is 24.3 Å². The molecule has 0 aromatic heterocycles. The molecule has 0 heterocycles. The molecule has 1 aromatic rings. The summed E-state index contributed by atoms with van der Waals surface area (Å²) in [7, 11) is 0. The Morgan fingerprint density at radius 2 is 1.85 bits per heavy atom. The maximum absolute atomic E-state index is 12.5. The quantitative estimate of drug-likeness (QED) is 0.708. The van der Waals surface area contributed by atoms with Gasteiger partial charge in [0.2, 0.25) is 0 Å². The van der Waals surface area contributed by atoms with E-state index in [0.29, 0.717) is 18.9 Å².